The largest absolute Gasteiger partial charge is 0.494 e. The molecule has 1 saturated heterocycles. The first-order valence-corrected chi connectivity index (χ1v) is 6.82. The summed E-state index contributed by atoms with van der Waals surface area (Å²) in [5.74, 6) is -0.496. The summed E-state index contributed by atoms with van der Waals surface area (Å²) in [7, 11) is 1.41. The van der Waals surface area contributed by atoms with Crippen LogP contribution in [0.5, 0.6) is 5.75 Å². The van der Waals surface area contributed by atoms with Crippen molar-refractivity contribution in [2.24, 2.45) is 5.92 Å². The van der Waals surface area contributed by atoms with Gasteiger partial charge in [0.1, 0.15) is 5.78 Å². The number of hydrogen-bond donors (Lipinski definition) is 1. The van der Waals surface area contributed by atoms with Gasteiger partial charge in [-0.25, -0.2) is 4.39 Å². The van der Waals surface area contributed by atoms with Crippen LogP contribution in [0, 0.1) is 11.7 Å². The van der Waals surface area contributed by atoms with Crippen LogP contribution >= 0.6 is 0 Å². The normalized spacial score (nSPS) is 21.9. The number of halogens is 1. The highest BCUT2D eigenvalue weighted by atomic mass is 19.1. The average Bonchev–Trinajstić information content (AvgIpc) is 2.90. The van der Waals surface area contributed by atoms with Crippen molar-refractivity contribution >= 4 is 5.78 Å². The summed E-state index contributed by atoms with van der Waals surface area (Å²) in [6.07, 6.45) is 0.0684. The molecule has 1 heterocycles. The molecule has 1 aromatic carbocycles. The van der Waals surface area contributed by atoms with Gasteiger partial charge in [0.2, 0.25) is 0 Å². The number of carbonyl (C=O) groups excluding carboxylic acids is 1. The molecule has 5 heteroatoms. The second-order valence-corrected chi connectivity index (χ2v) is 4.88. The average molecular weight is 281 g/mol. The topological polar surface area (TPSA) is 47.6 Å². The Morgan fingerprint density at radius 3 is 3.00 bits per heavy atom. The highest BCUT2D eigenvalue weighted by molar-refractivity contribution is 5.84. The molecule has 110 valence electrons. The number of hydrogen-bond acceptors (Lipinski definition) is 4. The zero-order valence-corrected chi connectivity index (χ0v) is 11.8. The molecule has 0 amide bonds. The van der Waals surface area contributed by atoms with E-state index in [1.807, 2.05) is 6.92 Å². The lowest BCUT2D eigenvalue weighted by molar-refractivity contribution is -0.122. The van der Waals surface area contributed by atoms with Crippen LogP contribution in [0.1, 0.15) is 12.5 Å². The molecule has 0 saturated carbocycles. The summed E-state index contributed by atoms with van der Waals surface area (Å²) in [4.78, 5) is 12.3. The third-order valence-corrected chi connectivity index (χ3v) is 3.59. The number of Topliss-reactive ketones (excluding diaryl/α,β-unsaturated/α-hetero) is 1. The lowest BCUT2D eigenvalue weighted by Crippen LogP contribution is -2.39. The minimum Gasteiger partial charge on any atom is -0.494 e. The van der Waals surface area contributed by atoms with E-state index in [0.717, 1.165) is 6.54 Å². The second-order valence-electron chi connectivity index (χ2n) is 4.88. The maximum Gasteiger partial charge on any atom is 0.168 e. The maximum atomic E-state index is 14.0. The zero-order valence-electron chi connectivity index (χ0n) is 11.8. The van der Waals surface area contributed by atoms with Gasteiger partial charge in [0.25, 0.3) is 0 Å². The SMILES string of the molecule is CCNC1COCC1C(=O)Cc1cccc(OC)c1F. The third-order valence-electron chi connectivity index (χ3n) is 3.59. The van der Waals surface area contributed by atoms with Crippen LogP contribution in [0.15, 0.2) is 18.2 Å². The fourth-order valence-electron chi connectivity index (χ4n) is 2.50. The first-order chi connectivity index (χ1) is 9.67. The number of ketones is 1. The first-order valence-electron chi connectivity index (χ1n) is 6.82. The maximum absolute atomic E-state index is 14.0. The molecule has 20 heavy (non-hydrogen) atoms. The number of likely N-dealkylation sites (N-methyl/N-ethyl adjacent to an activating group) is 1. The van der Waals surface area contributed by atoms with Crippen molar-refractivity contribution in [2.75, 3.05) is 26.9 Å². The molecular weight excluding hydrogens is 261 g/mol. The number of rotatable bonds is 6. The van der Waals surface area contributed by atoms with Crippen LogP contribution in [-0.2, 0) is 16.0 Å². The smallest absolute Gasteiger partial charge is 0.168 e. The predicted molar refractivity (Wildman–Crippen MR) is 73.4 cm³/mol. The Morgan fingerprint density at radius 1 is 1.50 bits per heavy atom. The Kier molecular flexibility index (Phi) is 5.09. The lowest BCUT2D eigenvalue weighted by atomic mass is 9.93. The summed E-state index contributed by atoms with van der Waals surface area (Å²) in [6.45, 7) is 3.71. The molecule has 0 aliphatic carbocycles. The van der Waals surface area contributed by atoms with Gasteiger partial charge in [-0.05, 0) is 18.2 Å². The van der Waals surface area contributed by atoms with Crippen molar-refractivity contribution in [1.82, 2.24) is 5.32 Å². The van der Waals surface area contributed by atoms with E-state index in [-0.39, 0.29) is 29.9 Å². The van der Waals surface area contributed by atoms with Crippen molar-refractivity contribution in [3.05, 3.63) is 29.6 Å². The van der Waals surface area contributed by atoms with E-state index < -0.39 is 5.82 Å². The van der Waals surface area contributed by atoms with Crippen LogP contribution in [0.3, 0.4) is 0 Å². The fourth-order valence-corrected chi connectivity index (χ4v) is 2.50. The molecule has 4 nitrogen and oxygen atoms in total. The monoisotopic (exact) mass is 281 g/mol. The Morgan fingerprint density at radius 2 is 2.30 bits per heavy atom. The van der Waals surface area contributed by atoms with Crippen LogP contribution in [0.25, 0.3) is 0 Å². The van der Waals surface area contributed by atoms with Crippen molar-refractivity contribution in [3.63, 3.8) is 0 Å². The van der Waals surface area contributed by atoms with Crippen molar-refractivity contribution < 1.29 is 18.7 Å². The Labute approximate surface area is 118 Å². The Bertz CT molecular complexity index is 478. The minimum atomic E-state index is -0.456. The molecule has 1 fully saturated rings. The Hall–Kier alpha value is -1.46. The number of benzene rings is 1. The van der Waals surface area contributed by atoms with E-state index in [2.05, 4.69) is 5.32 Å². The third kappa shape index (κ3) is 3.16. The number of carbonyl (C=O) groups is 1. The number of methoxy groups -OCH3 is 1. The van der Waals surface area contributed by atoms with Crippen LogP contribution in [0.2, 0.25) is 0 Å². The van der Waals surface area contributed by atoms with Gasteiger partial charge in [-0.2, -0.15) is 0 Å². The molecular formula is C15H20FNO3. The van der Waals surface area contributed by atoms with Crippen LogP contribution < -0.4 is 10.1 Å². The van der Waals surface area contributed by atoms with E-state index in [0.29, 0.717) is 18.8 Å². The molecule has 2 atom stereocenters. The van der Waals surface area contributed by atoms with Crippen molar-refractivity contribution in [2.45, 2.75) is 19.4 Å². The quantitative estimate of drug-likeness (QED) is 0.860. The standard InChI is InChI=1S/C15H20FNO3/c1-3-17-12-9-20-8-11(12)13(18)7-10-5-4-6-14(19-2)15(10)16/h4-6,11-12,17H,3,7-9H2,1-2H3. The summed E-state index contributed by atoms with van der Waals surface area (Å²) < 4.78 is 24.3. The molecule has 0 spiro atoms. The summed E-state index contributed by atoms with van der Waals surface area (Å²) in [5.41, 5.74) is 0.372. The van der Waals surface area contributed by atoms with Gasteiger partial charge in [0.15, 0.2) is 11.6 Å². The van der Waals surface area contributed by atoms with Gasteiger partial charge in [0, 0.05) is 12.5 Å². The van der Waals surface area contributed by atoms with Gasteiger partial charge < -0.3 is 14.8 Å². The molecule has 1 aliphatic rings. The van der Waals surface area contributed by atoms with Gasteiger partial charge in [-0.3, -0.25) is 4.79 Å². The van der Waals surface area contributed by atoms with Crippen molar-refractivity contribution in [3.8, 4) is 5.75 Å². The van der Waals surface area contributed by atoms with E-state index in [4.69, 9.17) is 9.47 Å². The number of ether oxygens (including phenoxy) is 2. The van der Waals surface area contributed by atoms with E-state index in [1.165, 1.54) is 7.11 Å². The predicted octanol–water partition coefficient (Wildman–Crippen LogP) is 1.57. The van der Waals surface area contributed by atoms with E-state index in [9.17, 15) is 9.18 Å². The molecule has 1 N–H and O–H groups in total. The molecule has 1 aromatic rings. The van der Waals surface area contributed by atoms with Gasteiger partial charge in [0.05, 0.1) is 26.2 Å². The molecule has 1 aliphatic heterocycles. The fraction of sp³-hybridized carbons (Fsp3) is 0.533. The second kappa shape index (κ2) is 6.81. The van der Waals surface area contributed by atoms with Crippen molar-refractivity contribution in [1.29, 1.82) is 0 Å². The summed E-state index contributed by atoms with van der Waals surface area (Å²) >= 11 is 0. The zero-order chi connectivity index (χ0) is 14.5. The highest BCUT2D eigenvalue weighted by Gasteiger charge is 2.33. The Balaban J connectivity index is 2.08. The summed E-state index contributed by atoms with van der Waals surface area (Å²) in [5, 5.41) is 3.23. The highest BCUT2D eigenvalue weighted by Crippen LogP contribution is 2.23. The molecule has 0 bridgehead atoms. The van der Waals surface area contributed by atoms with Crippen LogP contribution in [0.4, 0.5) is 4.39 Å². The molecule has 0 aromatic heterocycles. The van der Waals surface area contributed by atoms with E-state index in [1.54, 1.807) is 18.2 Å². The minimum absolute atomic E-state index is 0.000558. The van der Waals surface area contributed by atoms with Gasteiger partial charge in [-0.15, -0.1) is 0 Å². The molecule has 2 unspecified atom stereocenters. The first kappa shape index (κ1) is 14.9. The van der Waals surface area contributed by atoms with Gasteiger partial charge >= 0.3 is 0 Å². The van der Waals surface area contributed by atoms with Crippen LogP contribution in [-0.4, -0.2) is 38.7 Å². The molecule has 0 radical (unpaired) electrons. The summed E-state index contributed by atoms with van der Waals surface area (Å²) in [6, 6.07) is 4.88. The number of nitrogens with one attached hydrogen (secondary N) is 1. The van der Waals surface area contributed by atoms with Gasteiger partial charge in [-0.1, -0.05) is 19.1 Å². The van der Waals surface area contributed by atoms with E-state index >= 15 is 0 Å². The molecule has 2 rings (SSSR count). The lowest BCUT2D eigenvalue weighted by Gasteiger charge is -2.17.